The molecule has 3 aromatic rings. The number of hydrogen-bond acceptors (Lipinski definition) is 5. The van der Waals surface area contributed by atoms with Gasteiger partial charge < -0.3 is 4.90 Å². The first-order valence-corrected chi connectivity index (χ1v) is 12.0. The van der Waals surface area contributed by atoms with Gasteiger partial charge in [0.25, 0.3) is 0 Å². The van der Waals surface area contributed by atoms with E-state index in [1.807, 2.05) is 22.4 Å². The van der Waals surface area contributed by atoms with Gasteiger partial charge in [-0.3, -0.25) is 0 Å². The largest absolute Gasteiger partial charge is 0.417 e. The lowest BCUT2D eigenvalue weighted by atomic mass is 10.2. The first-order valence-electron chi connectivity index (χ1n) is 9.29. The summed E-state index contributed by atoms with van der Waals surface area (Å²) in [4.78, 5) is 5.83. The maximum atomic E-state index is 13.3. The highest BCUT2D eigenvalue weighted by Gasteiger charge is 2.39. The summed E-state index contributed by atoms with van der Waals surface area (Å²) >= 11 is 7.34. The van der Waals surface area contributed by atoms with Crippen LogP contribution in [0.5, 0.6) is 0 Å². The molecule has 164 valence electrons. The van der Waals surface area contributed by atoms with Crippen molar-refractivity contribution in [3.05, 3.63) is 64.5 Å². The average molecular weight is 488 g/mol. The van der Waals surface area contributed by atoms with Crippen molar-refractivity contribution in [3.8, 4) is 11.3 Å². The van der Waals surface area contributed by atoms with Crippen LogP contribution in [-0.4, -0.2) is 43.9 Å². The van der Waals surface area contributed by atoms with E-state index in [0.29, 0.717) is 18.1 Å². The van der Waals surface area contributed by atoms with Crippen molar-refractivity contribution in [2.24, 2.45) is 0 Å². The van der Waals surface area contributed by atoms with Crippen LogP contribution < -0.4 is 4.90 Å². The fourth-order valence-electron chi connectivity index (χ4n) is 3.35. The number of alkyl halides is 3. The van der Waals surface area contributed by atoms with E-state index >= 15 is 0 Å². The Morgan fingerprint density at radius 1 is 0.968 bits per heavy atom. The third-order valence-electron chi connectivity index (χ3n) is 4.95. The Bertz CT molecular complexity index is 1170. The van der Waals surface area contributed by atoms with Crippen molar-refractivity contribution >= 4 is 38.1 Å². The van der Waals surface area contributed by atoms with Crippen molar-refractivity contribution < 1.29 is 21.6 Å². The molecule has 0 saturated carbocycles. The molecule has 0 aliphatic carbocycles. The van der Waals surface area contributed by atoms with Crippen LogP contribution in [0.4, 0.5) is 18.3 Å². The van der Waals surface area contributed by atoms with E-state index in [1.165, 1.54) is 23.5 Å². The van der Waals surface area contributed by atoms with E-state index in [0.717, 1.165) is 32.8 Å². The van der Waals surface area contributed by atoms with Crippen molar-refractivity contribution in [2.75, 3.05) is 31.1 Å². The van der Waals surface area contributed by atoms with E-state index in [4.69, 9.17) is 11.6 Å². The minimum Gasteiger partial charge on any atom is -0.345 e. The molecule has 0 amide bonds. The van der Waals surface area contributed by atoms with E-state index in [2.05, 4.69) is 4.98 Å². The van der Waals surface area contributed by atoms with Gasteiger partial charge in [0.05, 0.1) is 16.2 Å². The van der Waals surface area contributed by atoms with Crippen LogP contribution in [0.1, 0.15) is 5.56 Å². The monoisotopic (exact) mass is 487 g/mol. The first-order chi connectivity index (χ1) is 14.7. The predicted octanol–water partition coefficient (Wildman–Crippen LogP) is 4.99. The number of hydrogen-bond donors (Lipinski definition) is 0. The average Bonchev–Trinajstić information content (AvgIpc) is 3.24. The third-order valence-corrected chi connectivity index (χ3v) is 8.06. The number of anilines is 1. The molecule has 1 aliphatic heterocycles. The second kappa shape index (κ2) is 8.42. The minimum atomic E-state index is -4.75. The van der Waals surface area contributed by atoms with E-state index in [-0.39, 0.29) is 13.1 Å². The number of halogens is 4. The van der Waals surface area contributed by atoms with Crippen molar-refractivity contribution in [1.29, 1.82) is 0 Å². The fourth-order valence-corrected chi connectivity index (χ4v) is 6.00. The molecule has 0 unspecified atom stereocenters. The highest BCUT2D eigenvalue weighted by atomic mass is 35.5. The molecule has 0 bridgehead atoms. The molecule has 1 aliphatic rings. The molecule has 0 radical (unpaired) electrons. The maximum absolute atomic E-state index is 13.3. The molecule has 1 aromatic heterocycles. The molecule has 5 nitrogen and oxygen atoms in total. The van der Waals surface area contributed by atoms with Gasteiger partial charge in [-0.05, 0) is 24.3 Å². The quantitative estimate of drug-likeness (QED) is 0.520. The van der Waals surface area contributed by atoms with Gasteiger partial charge in [0.15, 0.2) is 5.13 Å². The topological polar surface area (TPSA) is 53.5 Å². The molecule has 11 heteroatoms. The van der Waals surface area contributed by atoms with Crippen molar-refractivity contribution in [3.63, 3.8) is 0 Å². The Morgan fingerprint density at radius 3 is 2.26 bits per heavy atom. The predicted molar refractivity (Wildman–Crippen MR) is 115 cm³/mol. The molecule has 2 aromatic carbocycles. The van der Waals surface area contributed by atoms with Gasteiger partial charge in [-0.1, -0.05) is 35.9 Å². The van der Waals surface area contributed by atoms with Gasteiger partial charge in [-0.2, -0.15) is 17.5 Å². The van der Waals surface area contributed by atoms with Gasteiger partial charge in [0, 0.05) is 42.1 Å². The van der Waals surface area contributed by atoms with Crippen LogP contribution in [0.3, 0.4) is 0 Å². The Balaban J connectivity index is 1.49. The Morgan fingerprint density at radius 2 is 1.61 bits per heavy atom. The Kier molecular flexibility index (Phi) is 5.99. The first kappa shape index (κ1) is 22.1. The number of thiazole rings is 1. The zero-order valence-electron chi connectivity index (χ0n) is 16.0. The van der Waals surface area contributed by atoms with Crippen LogP contribution in [0.2, 0.25) is 5.02 Å². The summed E-state index contributed by atoms with van der Waals surface area (Å²) < 4.78 is 66.8. The second-order valence-electron chi connectivity index (χ2n) is 6.91. The fraction of sp³-hybridized carbons (Fsp3) is 0.250. The number of sulfonamides is 1. The zero-order chi connectivity index (χ0) is 22.2. The number of nitrogens with zero attached hydrogens (tertiary/aromatic N) is 3. The molecule has 4 rings (SSSR count). The summed E-state index contributed by atoms with van der Waals surface area (Å²) in [5.74, 6) is 0. The Labute approximate surface area is 186 Å². The van der Waals surface area contributed by atoms with Crippen LogP contribution in [0, 0.1) is 0 Å². The SMILES string of the molecule is O=S(=O)(c1ccccc1C(F)(F)F)N1CCN(c2nc(-c3ccc(Cl)cc3)cs2)CC1. The highest BCUT2D eigenvalue weighted by Crippen LogP contribution is 2.36. The number of aromatic nitrogens is 1. The highest BCUT2D eigenvalue weighted by molar-refractivity contribution is 7.89. The van der Waals surface area contributed by atoms with Crippen molar-refractivity contribution in [1.82, 2.24) is 9.29 Å². The minimum absolute atomic E-state index is 0.0738. The van der Waals surface area contributed by atoms with E-state index in [1.54, 1.807) is 12.1 Å². The smallest absolute Gasteiger partial charge is 0.345 e. The van der Waals surface area contributed by atoms with Gasteiger partial charge in [-0.15, -0.1) is 11.3 Å². The maximum Gasteiger partial charge on any atom is 0.417 e. The van der Waals surface area contributed by atoms with Gasteiger partial charge in [0.2, 0.25) is 10.0 Å². The lowest BCUT2D eigenvalue weighted by Crippen LogP contribution is -2.48. The lowest BCUT2D eigenvalue weighted by molar-refractivity contribution is -0.139. The molecule has 0 spiro atoms. The normalized spacial score (nSPS) is 15.9. The van der Waals surface area contributed by atoms with Crippen LogP contribution in [-0.2, 0) is 16.2 Å². The Hall–Kier alpha value is -2.14. The number of rotatable bonds is 4. The second-order valence-corrected chi connectivity index (χ2v) is 10.1. The van der Waals surface area contributed by atoms with E-state index in [9.17, 15) is 21.6 Å². The standard InChI is InChI=1S/C20H17ClF3N3O2S2/c21-15-7-5-14(6-8-15)17-13-30-19(25-17)26-9-11-27(12-10-26)31(28,29)18-4-2-1-3-16(18)20(22,23)24/h1-8,13H,9-12H2. The molecular formula is C20H17ClF3N3O2S2. The van der Waals surface area contributed by atoms with Crippen molar-refractivity contribution in [2.45, 2.75) is 11.1 Å². The number of benzene rings is 2. The summed E-state index contributed by atoms with van der Waals surface area (Å²) in [7, 11) is -4.27. The summed E-state index contributed by atoms with van der Waals surface area (Å²) in [6.45, 7) is 0.816. The molecule has 0 N–H and O–H groups in total. The zero-order valence-corrected chi connectivity index (χ0v) is 18.4. The van der Waals surface area contributed by atoms with E-state index < -0.39 is 26.7 Å². The van der Waals surface area contributed by atoms with Crippen LogP contribution in [0.25, 0.3) is 11.3 Å². The van der Waals surface area contributed by atoms with Crippen LogP contribution in [0.15, 0.2) is 58.8 Å². The van der Waals surface area contributed by atoms with Crippen LogP contribution >= 0.6 is 22.9 Å². The molecule has 31 heavy (non-hydrogen) atoms. The third kappa shape index (κ3) is 4.57. The summed E-state index contributed by atoms with van der Waals surface area (Å²) in [5, 5.41) is 3.27. The summed E-state index contributed by atoms with van der Waals surface area (Å²) in [5.41, 5.74) is 0.549. The van der Waals surface area contributed by atoms with Gasteiger partial charge >= 0.3 is 6.18 Å². The lowest BCUT2D eigenvalue weighted by Gasteiger charge is -2.34. The number of piperazine rings is 1. The molecule has 0 atom stereocenters. The molecular weight excluding hydrogens is 471 g/mol. The van der Waals surface area contributed by atoms with Gasteiger partial charge in [-0.25, -0.2) is 13.4 Å². The summed E-state index contributed by atoms with van der Waals surface area (Å²) in [6, 6.07) is 11.6. The molecule has 1 fully saturated rings. The molecule has 1 saturated heterocycles. The molecule has 2 heterocycles. The summed E-state index contributed by atoms with van der Waals surface area (Å²) in [6.07, 6.45) is -4.75. The van der Waals surface area contributed by atoms with Gasteiger partial charge in [0.1, 0.15) is 0 Å².